The summed E-state index contributed by atoms with van der Waals surface area (Å²) in [5.41, 5.74) is 5.93. The maximum atomic E-state index is 9.53. The van der Waals surface area contributed by atoms with Gasteiger partial charge in [0.2, 0.25) is 0 Å². The van der Waals surface area contributed by atoms with Gasteiger partial charge in [-0.2, -0.15) is 0 Å². The zero-order chi connectivity index (χ0) is 10.7. The second-order valence-electron chi connectivity index (χ2n) is 5.53. The van der Waals surface area contributed by atoms with Gasteiger partial charge in [0.1, 0.15) is 0 Å². The summed E-state index contributed by atoms with van der Waals surface area (Å²) in [7, 11) is 0. The summed E-state index contributed by atoms with van der Waals surface area (Å²) in [6.07, 6.45) is 8.52. The normalized spacial score (nSPS) is 34.8. The molecule has 4 N–H and O–H groups in total. The van der Waals surface area contributed by atoms with Gasteiger partial charge in [-0.15, -0.1) is 0 Å². The largest absolute Gasteiger partial charge is 0.396 e. The zero-order valence-electron chi connectivity index (χ0n) is 9.54. The predicted octanol–water partition coefficient (Wildman–Crippen LogP) is 1.01. The Morgan fingerprint density at radius 1 is 1.20 bits per heavy atom. The standard InChI is InChI=1S/C12H24N2O/c13-10-6-11(7-10)14-8-12(9-15)4-2-1-3-5-12/h10-11,14-15H,1-9,13H2. The van der Waals surface area contributed by atoms with Gasteiger partial charge in [0.25, 0.3) is 0 Å². The molecule has 0 radical (unpaired) electrons. The molecule has 0 spiro atoms. The fourth-order valence-electron chi connectivity index (χ4n) is 2.88. The molecular weight excluding hydrogens is 188 g/mol. The van der Waals surface area contributed by atoms with Gasteiger partial charge in [-0.25, -0.2) is 0 Å². The van der Waals surface area contributed by atoms with Crippen molar-refractivity contribution in [1.29, 1.82) is 0 Å². The number of nitrogens with two attached hydrogens (primary N) is 1. The van der Waals surface area contributed by atoms with Crippen LogP contribution in [0.5, 0.6) is 0 Å². The molecule has 0 aliphatic heterocycles. The van der Waals surface area contributed by atoms with Gasteiger partial charge in [0.05, 0.1) is 0 Å². The Labute approximate surface area is 92.4 Å². The number of hydrogen-bond acceptors (Lipinski definition) is 3. The quantitative estimate of drug-likeness (QED) is 0.652. The van der Waals surface area contributed by atoms with Crippen LogP contribution in [0.4, 0.5) is 0 Å². The highest BCUT2D eigenvalue weighted by molar-refractivity contribution is 4.91. The molecule has 0 aromatic rings. The lowest BCUT2D eigenvalue weighted by Gasteiger charge is -2.40. The Morgan fingerprint density at radius 3 is 2.40 bits per heavy atom. The summed E-state index contributed by atoms with van der Waals surface area (Å²) in [6.45, 7) is 1.33. The second kappa shape index (κ2) is 4.81. The van der Waals surface area contributed by atoms with Crippen LogP contribution in [0.2, 0.25) is 0 Å². The average molecular weight is 212 g/mol. The molecule has 0 amide bonds. The fourth-order valence-corrected chi connectivity index (χ4v) is 2.88. The number of rotatable bonds is 4. The van der Waals surface area contributed by atoms with E-state index in [-0.39, 0.29) is 5.41 Å². The van der Waals surface area contributed by atoms with E-state index in [0.717, 1.165) is 19.4 Å². The Morgan fingerprint density at radius 2 is 1.87 bits per heavy atom. The van der Waals surface area contributed by atoms with E-state index in [9.17, 15) is 5.11 Å². The molecule has 2 rings (SSSR count). The first kappa shape index (κ1) is 11.4. The van der Waals surface area contributed by atoms with Gasteiger partial charge in [0.15, 0.2) is 0 Å². The molecule has 0 saturated heterocycles. The minimum absolute atomic E-state index is 0.179. The van der Waals surface area contributed by atoms with Crippen molar-refractivity contribution < 1.29 is 5.11 Å². The first-order valence-electron chi connectivity index (χ1n) is 6.34. The number of nitrogens with one attached hydrogen (secondary N) is 1. The minimum atomic E-state index is 0.179. The van der Waals surface area contributed by atoms with Crippen LogP contribution in [0.3, 0.4) is 0 Å². The molecule has 0 atom stereocenters. The lowest BCUT2D eigenvalue weighted by molar-refractivity contribution is 0.0733. The highest BCUT2D eigenvalue weighted by Crippen LogP contribution is 2.35. The van der Waals surface area contributed by atoms with E-state index in [0.29, 0.717) is 18.7 Å². The van der Waals surface area contributed by atoms with Gasteiger partial charge < -0.3 is 16.2 Å². The van der Waals surface area contributed by atoms with Crippen LogP contribution in [0.15, 0.2) is 0 Å². The van der Waals surface area contributed by atoms with Crippen molar-refractivity contribution in [1.82, 2.24) is 5.32 Å². The molecule has 0 aromatic carbocycles. The third kappa shape index (κ3) is 2.71. The van der Waals surface area contributed by atoms with Crippen molar-refractivity contribution in [2.75, 3.05) is 13.2 Å². The van der Waals surface area contributed by atoms with E-state index in [4.69, 9.17) is 5.73 Å². The minimum Gasteiger partial charge on any atom is -0.396 e. The Hall–Kier alpha value is -0.120. The topological polar surface area (TPSA) is 58.3 Å². The number of hydrogen-bond donors (Lipinski definition) is 3. The van der Waals surface area contributed by atoms with Crippen LogP contribution < -0.4 is 11.1 Å². The average Bonchev–Trinajstić information content (AvgIpc) is 2.24. The van der Waals surface area contributed by atoms with Crippen molar-refractivity contribution in [3.8, 4) is 0 Å². The summed E-state index contributed by atoms with van der Waals surface area (Å²) < 4.78 is 0. The number of aliphatic hydroxyl groups excluding tert-OH is 1. The summed E-state index contributed by atoms with van der Waals surface area (Å²) in [5, 5.41) is 13.1. The molecule has 3 nitrogen and oxygen atoms in total. The van der Waals surface area contributed by atoms with E-state index in [1.807, 2.05) is 0 Å². The fraction of sp³-hybridized carbons (Fsp3) is 1.00. The first-order valence-corrected chi connectivity index (χ1v) is 6.34. The molecule has 0 unspecified atom stereocenters. The SMILES string of the molecule is NC1CC(NCC2(CO)CCCCC2)C1. The summed E-state index contributed by atoms with van der Waals surface area (Å²) in [5.74, 6) is 0. The van der Waals surface area contributed by atoms with Gasteiger partial charge in [-0.3, -0.25) is 0 Å². The monoisotopic (exact) mass is 212 g/mol. The van der Waals surface area contributed by atoms with Crippen LogP contribution in [0, 0.1) is 5.41 Å². The summed E-state index contributed by atoms with van der Waals surface area (Å²) >= 11 is 0. The molecule has 0 heterocycles. The highest BCUT2D eigenvalue weighted by atomic mass is 16.3. The highest BCUT2D eigenvalue weighted by Gasteiger charge is 2.33. The zero-order valence-corrected chi connectivity index (χ0v) is 9.54. The number of aliphatic hydroxyl groups is 1. The molecule has 3 heteroatoms. The molecule has 2 fully saturated rings. The molecule has 2 saturated carbocycles. The van der Waals surface area contributed by atoms with Gasteiger partial charge in [0, 0.05) is 30.7 Å². The lowest BCUT2D eigenvalue weighted by Crippen LogP contribution is -2.52. The smallest absolute Gasteiger partial charge is 0.0499 e. The molecule has 2 aliphatic carbocycles. The summed E-state index contributed by atoms with van der Waals surface area (Å²) in [4.78, 5) is 0. The Bertz CT molecular complexity index is 196. The third-order valence-corrected chi connectivity index (χ3v) is 4.19. The van der Waals surface area contributed by atoms with Crippen molar-refractivity contribution in [2.24, 2.45) is 11.1 Å². The van der Waals surface area contributed by atoms with E-state index >= 15 is 0 Å². The van der Waals surface area contributed by atoms with Crippen molar-refractivity contribution in [2.45, 2.75) is 57.0 Å². The maximum absolute atomic E-state index is 9.53. The van der Waals surface area contributed by atoms with E-state index in [2.05, 4.69) is 5.32 Å². The van der Waals surface area contributed by atoms with E-state index in [1.54, 1.807) is 0 Å². The molecule has 2 aliphatic rings. The van der Waals surface area contributed by atoms with Gasteiger partial charge >= 0.3 is 0 Å². The maximum Gasteiger partial charge on any atom is 0.0499 e. The Balaban J connectivity index is 1.74. The molecular formula is C12H24N2O. The molecule has 88 valence electrons. The molecule has 0 bridgehead atoms. The second-order valence-corrected chi connectivity index (χ2v) is 5.53. The van der Waals surface area contributed by atoms with Crippen LogP contribution in [0.1, 0.15) is 44.9 Å². The summed E-state index contributed by atoms with van der Waals surface area (Å²) in [6, 6.07) is 1.03. The van der Waals surface area contributed by atoms with Gasteiger partial charge in [-0.1, -0.05) is 19.3 Å². The van der Waals surface area contributed by atoms with E-state index < -0.39 is 0 Å². The van der Waals surface area contributed by atoms with Crippen LogP contribution in [0.25, 0.3) is 0 Å². The van der Waals surface area contributed by atoms with E-state index in [1.165, 1.54) is 32.1 Å². The van der Waals surface area contributed by atoms with Crippen molar-refractivity contribution >= 4 is 0 Å². The van der Waals surface area contributed by atoms with Crippen molar-refractivity contribution in [3.05, 3.63) is 0 Å². The Kier molecular flexibility index (Phi) is 3.65. The molecule has 0 aromatic heterocycles. The lowest BCUT2D eigenvalue weighted by atomic mass is 9.74. The van der Waals surface area contributed by atoms with Crippen molar-refractivity contribution in [3.63, 3.8) is 0 Å². The third-order valence-electron chi connectivity index (χ3n) is 4.19. The van der Waals surface area contributed by atoms with Gasteiger partial charge in [-0.05, 0) is 25.7 Å². The predicted molar refractivity (Wildman–Crippen MR) is 61.6 cm³/mol. The first-order chi connectivity index (χ1) is 7.24. The molecule has 15 heavy (non-hydrogen) atoms. The van der Waals surface area contributed by atoms with Crippen LogP contribution in [-0.2, 0) is 0 Å². The van der Waals surface area contributed by atoms with Crippen LogP contribution >= 0.6 is 0 Å². The van der Waals surface area contributed by atoms with Crippen LogP contribution in [-0.4, -0.2) is 30.3 Å².